The topological polar surface area (TPSA) is 101 Å². The van der Waals surface area contributed by atoms with Crippen LogP contribution in [-0.4, -0.2) is 42.9 Å². The lowest BCUT2D eigenvalue weighted by Gasteiger charge is -2.15. The van der Waals surface area contributed by atoms with Gasteiger partial charge in [-0.2, -0.15) is 0 Å². The van der Waals surface area contributed by atoms with Crippen LogP contribution < -0.4 is 16.8 Å². The van der Waals surface area contributed by atoms with E-state index in [-0.39, 0.29) is 5.91 Å². The number of hydrogen-bond acceptors (Lipinski definition) is 5. The van der Waals surface area contributed by atoms with E-state index in [1.54, 1.807) is 11.4 Å². The number of likely N-dealkylation sites (tertiary alicyclic amines) is 1. The number of amides is 2. The maximum absolute atomic E-state index is 11.9. The second-order valence-electron chi connectivity index (χ2n) is 4.70. The minimum atomic E-state index is -0.527. The number of carbonyl (C=O) groups is 2. The predicted octanol–water partition coefficient (Wildman–Crippen LogP) is 0.0661. The Hall–Kier alpha value is -1.44. The Labute approximate surface area is 115 Å². The third-order valence-corrected chi connectivity index (χ3v) is 4.08. The van der Waals surface area contributed by atoms with Crippen LogP contribution in [0.15, 0.2) is 11.4 Å². The first-order valence-corrected chi connectivity index (χ1v) is 7.07. The molecule has 5 N–H and O–H groups in total. The zero-order chi connectivity index (χ0) is 13.8. The monoisotopic (exact) mass is 282 g/mol. The molecule has 2 heterocycles. The van der Waals surface area contributed by atoms with Gasteiger partial charge in [0.25, 0.3) is 5.91 Å². The van der Waals surface area contributed by atoms with Crippen molar-refractivity contribution in [2.75, 3.05) is 31.5 Å². The van der Waals surface area contributed by atoms with Crippen LogP contribution in [0.1, 0.15) is 16.8 Å². The zero-order valence-corrected chi connectivity index (χ0v) is 11.4. The lowest BCUT2D eigenvalue weighted by atomic mass is 10.1. The number of thiophene rings is 1. The van der Waals surface area contributed by atoms with Crippen LogP contribution in [0.5, 0.6) is 0 Å². The number of primary amides is 1. The molecule has 0 spiro atoms. The predicted molar refractivity (Wildman–Crippen MR) is 75.1 cm³/mol. The van der Waals surface area contributed by atoms with Crippen LogP contribution in [0.25, 0.3) is 0 Å². The molecule has 0 aliphatic carbocycles. The number of rotatable bonds is 5. The van der Waals surface area contributed by atoms with Crippen molar-refractivity contribution in [2.24, 2.45) is 17.4 Å². The highest BCUT2D eigenvalue weighted by atomic mass is 32.1. The first kappa shape index (κ1) is 14.0. The van der Waals surface area contributed by atoms with Crippen LogP contribution in [-0.2, 0) is 4.79 Å². The van der Waals surface area contributed by atoms with E-state index in [0.29, 0.717) is 29.6 Å². The van der Waals surface area contributed by atoms with Gasteiger partial charge < -0.3 is 16.8 Å². The molecule has 2 rings (SSSR count). The fourth-order valence-corrected chi connectivity index (χ4v) is 3.03. The van der Waals surface area contributed by atoms with Crippen LogP contribution in [0.3, 0.4) is 0 Å². The van der Waals surface area contributed by atoms with E-state index in [2.05, 4.69) is 10.2 Å². The molecule has 0 aromatic carbocycles. The van der Waals surface area contributed by atoms with Crippen molar-refractivity contribution in [3.05, 3.63) is 17.0 Å². The van der Waals surface area contributed by atoms with Gasteiger partial charge in [-0.05, 0) is 36.9 Å². The van der Waals surface area contributed by atoms with Crippen LogP contribution in [0.2, 0.25) is 0 Å². The number of carbonyl (C=O) groups excluding carboxylic acids is 2. The van der Waals surface area contributed by atoms with Gasteiger partial charge in [0.15, 0.2) is 0 Å². The molecule has 104 valence electrons. The highest BCUT2D eigenvalue weighted by Gasteiger charge is 2.23. The highest BCUT2D eigenvalue weighted by molar-refractivity contribution is 7.14. The summed E-state index contributed by atoms with van der Waals surface area (Å²) in [5.41, 5.74) is 11.2. The van der Waals surface area contributed by atoms with Crippen molar-refractivity contribution in [3.63, 3.8) is 0 Å². The SMILES string of the molecule is NCC1CCN(CC(=O)Nc2sccc2C(N)=O)C1. The zero-order valence-electron chi connectivity index (χ0n) is 10.6. The maximum atomic E-state index is 11.9. The van der Waals surface area contributed by atoms with Crippen molar-refractivity contribution in [2.45, 2.75) is 6.42 Å². The van der Waals surface area contributed by atoms with Gasteiger partial charge in [-0.1, -0.05) is 0 Å². The summed E-state index contributed by atoms with van der Waals surface area (Å²) < 4.78 is 0. The lowest BCUT2D eigenvalue weighted by molar-refractivity contribution is -0.117. The molecule has 1 atom stereocenters. The Balaban J connectivity index is 1.88. The standard InChI is InChI=1S/C12H18N4O2S/c13-5-8-1-3-16(6-8)7-10(17)15-12-9(11(14)18)2-4-19-12/h2,4,8H,1,3,5-7,13H2,(H2,14,18)(H,15,17). The Morgan fingerprint density at radius 1 is 1.53 bits per heavy atom. The van der Waals surface area contributed by atoms with E-state index in [4.69, 9.17) is 11.5 Å². The van der Waals surface area contributed by atoms with Crippen LogP contribution in [0.4, 0.5) is 5.00 Å². The Morgan fingerprint density at radius 3 is 2.95 bits per heavy atom. The summed E-state index contributed by atoms with van der Waals surface area (Å²) in [6.07, 6.45) is 1.04. The molecule has 0 radical (unpaired) electrons. The van der Waals surface area contributed by atoms with E-state index in [9.17, 15) is 9.59 Å². The molecule has 0 saturated carbocycles. The minimum absolute atomic E-state index is 0.123. The third kappa shape index (κ3) is 3.52. The Morgan fingerprint density at radius 2 is 2.32 bits per heavy atom. The average Bonchev–Trinajstić information content (AvgIpc) is 2.97. The van der Waals surface area contributed by atoms with E-state index in [1.807, 2.05) is 0 Å². The molecular formula is C12H18N4O2S. The lowest BCUT2D eigenvalue weighted by Crippen LogP contribution is -2.32. The van der Waals surface area contributed by atoms with Gasteiger partial charge in [-0.3, -0.25) is 14.5 Å². The molecule has 6 nitrogen and oxygen atoms in total. The molecule has 2 amide bonds. The summed E-state index contributed by atoms with van der Waals surface area (Å²) in [5, 5.41) is 4.99. The van der Waals surface area contributed by atoms with Crippen molar-refractivity contribution < 1.29 is 9.59 Å². The van der Waals surface area contributed by atoms with Crippen LogP contribution >= 0.6 is 11.3 Å². The number of nitrogens with one attached hydrogen (secondary N) is 1. The Kier molecular flexibility index (Phi) is 4.52. The molecule has 1 aliphatic rings. The van der Waals surface area contributed by atoms with Gasteiger partial charge >= 0.3 is 0 Å². The molecule has 1 aromatic rings. The summed E-state index contributed by atoms with van der Waals surface area (Å²) >= 11 is 1.30. The molecule has 1 aromatic heterocycles. The average molecular weight is 282 g/mol. The molecule has 1 fully saturated rings. The maximum Gasteiger partial charge on any atom is 0.251 e. The molecule has 1 unspecified atom stereocenters. The van der Waals surface area contributed by atoms with E-state index >= 15 is 0 Å². The summed E-state index contributed by atoms with van der Waals surface area (Å²) in [4.78, 5) is 25.1. The first-order chi connectivity index (χ1) is 9.10. The second-order valence-corrected chi connectivity index (χ2v) is 5.62. The molecule has 7 heteroatoms. The summed E-state index contributed by atoms with van der Waals surface area (Å²) in [6, 6.07) is 1.61. The third-order valence-electron chi connectivity index (χ3n) is 3.25. The minimum Gasteiger partial charge on any atom is -0.366 e. The second kappa shape index (κ2) is 6.14. The molecular weight excluding hydrogens is 264 g/mol. The fourth-order valence-electron chi connectivity index (χ4n) is 2.22. The number of hydrogen-bond donors (Lipinski definition) is 3. The smallest absolute Gasteiger partial charge is 0.251 e. The molecule has 1 aliphatic heterocycles. The van der Waals surface area contributed by atoms with Crippen molar-refractivity contribution in [1.29, 1.82) is 0 Å². The molecule has 1 saturated heterocycles. The quantitative estimate of drug-likeness (QED) is 0.711. The number of nitrogens with zero attached hydrogens (tertiary/aromatic N) is 1. The normalized spacial score (nSPS) is 19.5. The fraction of sp³-hybridized carbons (Fsp3) is 0.500. The van der Waals surface area contributed by atoms with Gasteiger partial charge in [-0.15, -0.1) is 11.3 Å². The van der Waals surface area contributed by atoms with Gasteiger partial charge in [0.1, 0.15) is 5.00 Å². The largest absolute Gasteiger partial charge is 0.366 e. The van der Waals surface area contributed by atoms with Crippen molar-refractivity contribution in [1.82, 2.24) is 4.90 Å². The van der Waals surface area contributed by atoms with E-state index < -0.39 is 5.91 Å². The van der Waals surface area contributed by atoms with Crippen molar-refractivity contribution in [3.8, 4) is 0 Å². The van der Waals surface area contributed by atoms with Gasteiger partial charge in [0.2, 0.25) is 5.91 Å². The first-order valence-electron chi connectivity index (χ1n) is 6.19. The number of nitrogens with two attached hydrogens (primary N) is 2. The van der Waals surface area contributed by atoms with E-state index in [0.717, 1.165) is 19.5 Å². The highest BCUT2D eigenvalue weighted by Crippen LogP contribution is 2.23. The summed E-state index contributed by atoms with van der Waals surface area (Å²) in [6.45, 7) is 2.74. The number of anilines is 1. The van der Waals surface area contributed by atoms with Crippen LogP contribution in [0, 0.1) is 5.92 Å². The summed E-state index contributed by atoms with van der Waals surface area (Å²) in [7, 11) is 0. The summed E-state index contributed by atoms with van der Waals surface area (Å²) in [5.74, 6) is -0.167. The van der Waals surface area contributed by atoms with Gasteiger partial charge in [0.05, 0.1) is 12.1 Å². The Bertz CT molecular complexity index is 474. The molecule has 0 bridgehead atoms. The molecule has 19 heavy (non-hydrogen) atoms. The van der Waals surface area contributed by atoms with Gasteiger partial charge in [-0.25, -0.2) is 0 Å². The van der Waals surface area contributed by atoms with Gasteiger partial charge in [0, 0.05) is 6.54 Å². The van der Waals surface area contributed by atoms with E-state index in [1.165, 1.54) is 11.3 Å². The van der Waals surface area contributed by atoms with Crippen molar-refractivity contribution >= 4 is 28.2 Å².